The van der Waals surface area contributed by atoms with Crippen LogP contribution in [0.4, 0.5) is 5.69 Å². The summed E-state index contributed by atoms with van der Waals surface area (Å²) in [6.45, 7) is 2.09. The van der Waals surface area contributed by atoms with Gasteiger partial charge in [0.05, 0.1) is 17.4 Å². The van der Waals surface area contributed by atoms with E-state index in [4.69, 9.17) is 5.73 Å². The lowest BCUT2D eigenvalue weighted by molar-refractivity contribution is 0.0909. The summed E-state index contributed by atoms with van der Waals surface area (Å²) in [7, 11) is 0. The van der Waals surface area contributed by atoms with E-state index in [9.17, 15) is 4.79 Å². The third-order valence-corrected chi connectivity index (χ3v) is 3.22. The summed E-state index contributed by atoms with van der Waals surface area (Å²) in [6.07, 6.45) is 7.55. The number of hydrogen-bond donors (Lipinski definition) is 2. The third-order valence-electron chi connectivity index (χ3n) is 3.22. The van der Waals surface area contributed by atoms with Crippen LogP contribution in [0.5, 0.6) is 0 Å². The highest BCUT2D eigenvalue weighted by Gasteiger charge is 2.30. The van der Waals surface area contributed by atoms with E-state index in [1.165, 1.54) is 19.0 Å². The summed E-state index contributed by atoms with van der Waals surface area (Å²) in [5.41, 5.74) is 6.60. The van der Waals surface area contributed by atoms with Crippen LogP contribution >= 0.6 is 0 Å². The highest BCUT2D eigenvalue weighted by Crippen LogP contribution is 2.29. The molecule has 0 spiro atoms. The zero-order chi connectivity index (χ0) is 11.6. The molecule has 1 aliphatic rings. The van der Waals surface area contributed by atoms with Gasteiger partial charge in [0.25, 0.3) is 5.91 Å². The molecule has 1 aromatic rings. The van der Waals surface area contributed by atoms with Crippen LogP contribution in [0.1, 0.15) is 43.0 Å². The van der Waals surface area contributed by atoms with Crippen molar-refractivity contribution in [1.29, 1.82) is 0 Å². The molecule has 0 aromatic carbocycles. The summed E-state index contributed by atoms with van der Waals surface area (Å²) in [5.74, 6) is -0.0932. The second-order valence-corrected chi connectivity index (χ2v) is 4.68. The van der Waals surface area contributed by atoms with Gasteiger partial charge in [-0.05, 0) is 25.8 Å². The van der Waals surface area contributed by atoms with Crippen LogP contribution in [0, 0.1) is 0 Å². The van der Waals surface area contributed by atoms with Gasteiger partial charge in [0.2, 0.25) is 0 Å². The van der Waals surface area contributed by atoms with Gasteiger partial charge in [-0.25, -0.2) is 0 Å². The predicted octanol–water partition coefficient (Wildman–Crippen LogP) is 1.73. The van der Waals surface area contributed by atoms with E-state index in [1.807, 2.05) is 0 Å². The van der Waals surface area contributed by atoms with E-state index in [0.717, 1.165) is 12.8 Å². The molecule has 0 unspecified atom stereocenters. The van der Waals surface area contributed by atoms with Crippen molar-refractivity contribution in [2.45, 2.75) is 38.1 Å². The maximum Gasteiger partial charge on any atom is 0.253 e. The van der Waals surface area contributed by atoms with E-state index >= 15 is 0 Å². The molecular weight excluding hydrogens is 202 g/mol. The first-order chi connectivity index (χ1) is 7.61. The number of nitrogens with zero attached hydrogens (tertiary/aromatic N) is 1. The van der Waals surface area contributed by atoms with Gasteiger partial charge in [-0.3, -0.25) is 9.78 Å². The first kappa shape index (κ1) is 10.9. The maximum absolute atomic E-state index is 12.0. The van der Waals surface area contributed by atoms with E-state index in [1.54, 1.807) is 12.3 Å². The molecule has 1 aliphatic carbocycles. The van der Waals surface area contributed by atoms with Crippen molar-refractivity contribution in [2.75, 3.05) is 5.73 Å². The Morgan fingerprint density at radius 2 is 2.19 bits per heavy atom. The van der Waals surface area contributed by atoms with Gasteiger partial charge >= 0.3 is 0 Å². The fourth-order valence-electron chi connectivity index (χ4n) is 2.24. The molecule has 1 fully saturated rings. The number of amides is 1. The van der Waals surface area contributed by atoms with Crippen molar-refractivity contribution in [2.24, 2.45) is 0 Å². The third kappa shape index (κ3) is 2.15. The molecule has 86 valence electrons. The zero-order valence-electron chi connectivity index (χ0n) is 9.49. The number of nitrogens with two attached hydrogens (primary N) is 1. The number of rotatable bonds is 2. The number of pyridine rings is 1. The van der Waals surface area contributed by atoms with Crippen molar-refractivity contribution in [3.63, 3.8) is 0 Å². The van der Waals surface area contributed by atoms with E-state index in [0.29, 0.717) is 11.3 Å². The highest BCUT2D eigenvalue weighted by atomic mass is 16.1. The lowest BCUT2D eigenvalue weighted by Crippen LogP contribution is -2.43. The minimum Gasteiger partial charge on any atom is -0.397 e. The second kappa shape index (κ2) is 4.12. The van der Waals surface area contributed by atoms with Crippen LogP contribution in [-0.2, 0) is 0 Å². The molecule has 0 atom stereocenters. The van der Waals surface area contributed by atoms with E-state index in [-0.39, 0.29) is 11.4 Å². The monoisotopic (exact) mass is 219 g/mol. The van der Waals surface area contributed by atoms with Gasteiger partial charge in [-0.2, -0.15) is 0 Å². The first-order valence-electron chi connectivity index (χ1n) is 5.63. The molecule has 4 heteroatoms. The Morgan fingerprint density at radius 1 is 1.50 bits per heavy atom. The minimum absolute atomic E-state index is 0.0627. The van der Waals surface area contributed by atoms with Crippen LogP contribution in [0.15, 0.2) is 18.5 Å². The predicted molar refractivity (Wildman–Crippen MR) is 63.0 cm³/mol. The number of nitrogens with one attached hydrogen (secondary N) is 1. The Morgan fingerprint density at radius 3 is 2.81 bits per heavy atom. The van der Waals surface area contributed by atoms with Gasteiger partial charge in [-0.1, -0.05) is 12.8 Å². The van der Waals surface area contributed by atoms with Crippen molar-refractivity contribution in [3.05, 3.63) is 24.0 Å². The largest absolute Gasteiger partial charge is 0.397 e. The molecule has 0 bridgehead atoms. The normalized spacial score (nSPS) is 18.3. The van der Waals surface area contributed by atoms with Gasteiger partial charge < -0.3 is 11.1 Å². The standard InChI is InChI=1S/C12H17N3O/c1-12(5-2-3-6-12)15-11(16)9-4-7-14-8-10(9)13/h4,7-8H,2-3,5-6,13H2,1H3,(H,15,16). The first-order valence-corrected chi connectivity index (χ1v) is 5.63. The van der Waals surface area contributed by atoms with Gasteiger partial charge in [0, 0.05) is 11.7 Å². The molecule has 2 rings (SSSR count). The summed E-state index contributed by atoms with van der Waals surface area (Å²) in [5, 5.41) is 3.07. The van der Waals surface area contributed by atoms with Crippen LogP contribution in [-0.4, -0.2) is 16.4 Å². The lowest BCUT2D eigenvalue weighted by Gasteiger charge is -2.25. The second-order valence-electron chi connectivity index (χ2n) is 4.68. The van der Waals surface area contributed by atoms with Crippen LogP contribution < -0.4 is 11.1 Å². The Labute approximate surface area is 95.3 Å². The molecule has 3 N–H and O–H groups in total. The Hall–Kier alpha value is -1.58. The molecule has 4 nitrogen and oxygen atoms in total. The number of carbonyl (C=O) groups is 1. The number of carbonyl (C=O) groups excluding carboxylic acids is 1. The van der Waals surface area contributed by atoms with Crippen molar-refractivity contribution >= 4 is 11.6 Å². The average Bonchev–Trinajstić information content (AvgIpc) is 2.65. The molecular formula is C12H17N3O. The summed E-state index contributed by atoms with van der Waals surface area (Å²) in [4.78, 5) is 15.9. The molecule has 1 amide bonds. The summed E-state index contributed by atoms with van der Waals surface area (Å²) < 4.78 is 0. The zero-order valence-corrected chi connectivity index (χ0v) is 9.49. The minimum atomic E-state index is -0.0932. The van der Waals surface area contributed by atoms with Crippen molar-refractivity contribution in [1.82, 2.24) is 10.3 Å². The van der Waals surface area contributed by atoms with E-state index in [2.05, 4.69) is 17.2 Å². The Balaban J connectivity index is 2.11. The average molecular weight is 219 g/mol. The number of anilines is 1. The highest BCUT2D eigenvalue weighted by molar-refractivity contribution is 5.99. The van der Waals surface area contributed by atoms with Crippen molar-refractivity contribution in [3.8, 4) is 0 Å². The lowest BCUT2D eigenvalue weighted by atomic mass is 10.00. The van der Waals surface area contributed by atoms with Crippen LogP contribution in [0.3, 0.4) is 0 Å². The number of hydrogen-bond acceptors (Lipinski definition) is 3. The maximum atomic E-state index is 12.0. The Kier molecular flexibility index (Phi) is 2.81. The van der Waals surface area contributed by atoms with E-state index < -0.39 is 0 Å². The molecule has 0 radical (unpaired) electrons. The molecule has 1 saturated carbocycles. The topological polar surface area (TPSA) is 68.0 Å². The van der Waals surface area contributed by atoms with Gasteiger partial charge in [0.15, 0.2) is 0 Å². The van der Waals surface area contributed by atoms with Gasteiger partial charge in [0.1, 0.15) is 0 Å². The summed E-state index contributed by atoms with van der Waals surface area (Å²) in [6, 6.07) is 1.66. The van der Waals surface area contributed by atoms with Crippen LogP contribution in [0.2, 0.25) is 0 Å². The quantitative estimate of drug-likeness (QED) is 0.796. The molecule has 1 heterocycles. The molecule has 16 heavy (non-hydrogen) atoms. The molecule has 0 saturated heterocycles. The molecule has 1 aromatic heterocycles. The fraction of sp³-hybridized carbons (Fsp3) is 0.500. The van der Waals surface area contributed by atoms with Crippen molar-refractivity contribution < 1.29 is 4.79 Å². The smallest absolute Gasteiger partial charge is 0.253 e. The van der Waals surface area contributed by atoms with Gasteiger partial charge in [-0.15, -0.1) is 0 Å². The number of nitrogen functional groups attached to an aromatic ring is 1. The van der Waals surface area contributed by atoms with Crippen LogP contribution in [0.25, 0.3) is 0 Å². The Bertz CT molecular complexity index is 397. The number of aromatic nitrogens is 1. The fourth-order valence-corrected chi connectivity index (χ4v) is 2.24. The summed E-state index contributed by atoms with van der Waals surface area (Å²) >= 11 is 0. The SMILES string of the molecule is CC1(NC(=O)c2ccncc2N)CCCC1. The molecule has 0 aliphatic heterocycles.